The number of nitrogens with zero attached hydrogens (tertiary/aromatic N) is 1. The van der Waals surface area contributed by atoms with Gasteiger partial charge in [-0.25, -0.2) is 10.5 Å². The SMILES string of the molecule is C=CCC([NH])C(=O)Nc1ccc(C2CCN(C(=O)Nc3c(Cl)cccc3Cl)CC2)cc1. The van der Waals surface area contributed by atoms with Crippen LogP contribution in [0.2, 0.25) is 10.0 Å². The second kappa shape index (κ2) is 10.7. The molecule has 0 saturated carbocycles. The van der Waals surface area contributed by atoms with Gasteiger partial charge in [0.1, 0.15) is 6.04 Å². The van der Waals surface area contributed by atoms with Crippen molar-refractivity contribution in [1.29, 1.82) is 0 Å². The number of amides is 3. The highest BCUT2D eigenvalue weighted by Crippen LogP contribution is 2.32. The smallest absolute Gasteiger partial charge is 0.321 e. The maximum Gasteiger partial charge on any atom is 0.321 e. The van der Waals surface area contributed by atoms with Crippen molar-refractivity contribution in [2.75, 3.05) is 23.7 Å². The number of carbonyl (C=O) groups is 2. The Morgan fingerprint density at radius 2 is 1.71 bits per heavy atom. The summed E-state index contributed by atoms with van der Waals surface area (Å²) in [4.78, 5) is 26.3. The number of likely N-dealkylation sites (tertiary alicyclic amines) is 1. The van der Waals surface area contributed by atoms with Crippen LogP contribution in [-0.4, -0.2) is 36.0 Å². The van der Waals surface area contributed by atoms with Gasteiger partial charge in [0.05, 0.1) is 15.7 Å². The number of nitrogens with one attached hydrogen (secondary N) is 3. The van der Waals surface area contributed by atoms with Crippen LogP contribution in [0.25, 0.3) is 0 Å². The highest BCUT2D eigenvalue weighted by atomic mass is 35.5. The van der Waals surface area contributed by atoms with Crippen molar-refractivity contribution in [2.45, 2.75) is 31.2 Å². The van der Waals surface area contributed by atoms with Gasteiger partial charge in [-0.2, -0.15) is 0 Å². The average Bonchev–Trinajstić information content (AvgIpc) is 2.77. The normalized spacial score (nSPS) is 15.3. The number of para-hydroxylation sites is 1. The summed E-state index contributed by atoms with van der Waals surface area (Å²) >= 11 is 12.3. The number of hydrogen-bond acceptors (Lipinski definition) is 2. The molecule has 3 rings (SSSR count). The first-order chi connectivity index (χ1) is 14.9. The topological polar surface area (TPSA) is 85.2 Å². The van der Waals surface area contributed by atoms with E-state index in [0.717, 1.165) is 12.8 Å². The molecule has 1 aliphatic heterocycles. The number of carbonyl (C=O) groups excluding carboxylic acids is 2. The molecule has 163 valence electrons. The third-order valence-electron chi connectivity index (χ3n) is 5.35. The van der Waals surface area contributed by atoms with Crippen molar-refractivity contribution < 1.29 is 9.59 Å². The molecule has 1 saturated heterocycles. The van der Waals surface area contributed by atoms with E-state index in [9.17, 15) is 9.59 Å². The van der Waals surface area contributed by atoms with Crippen molar-refractivity contribution in [2.24, 2.45) is 0 Å². The Bertz CT molecular complexity index is 921. The molecule has 1 aliphatic rings. The fourth-order valence-electron chi connectivity index (χ4n) is 3.56. The van der Waals surface area contributed by atoms with E-state index in [-0.39, 0.29) is 11.9 Å². The lowest BCUT2D eigenvalue weighted by Gasteiger charge is -2.32. The second-order valence-electron chi connectivity index (χ2n) is 7.48. The lowest BCUT2D eigenvalue weighted by atomic mass is 9.89. The van der Waals surface area contributed by atoms with Crippen LogP contribution in [0.15, 0.2) is 55.1 Å². The van der Waals surface area contributed by atoms with Crippen LogP contribution in [0.4, 0.5) is 16.2 Å². The lowest BCUT2D eigenvalue weighted by molar-refractivity contribution is -0.117. The van der Waals surface area contributed by atoms with Gasteiger partial charge >= 0.3 is 6.03 Å². The number of anilines is 2. The Morgan fingerprint density at radius 3 is 2.29 bits per heavy atom. The van der Waals surface area contributed by atoms with E-state index in [1.165, 1.54) is 5.56 Å². The lowest BCUT2D eigenvalue weighted by Crippen LogP contribution is -2.40. The van der Waals surface area contributed by atoms with Gasteiger partial charge in [0.25, 0.3) is 0 Å². The van der Waals surface area contributed by atoms with E-state index in [1.54, 1.807) is 29.2 Å². The maximum atomic E-state index is 12.6. The van der Waals surface area contributed by atoms with Crippen LogP contribution < -0.4 is 16.4 Å². The Morgan fingerprint density at radius 1 is 1.10 bits per heavy atom. The van der Waals surface area contributed by atoms with Gasteiger partial charge in [0.2, 0.25) is 5.91 Å². The van der Waals surface area contributed by atoms with Crippen molar-refractivity contribution >= 4 is 46.5 Å². The third kappa shape index (κ3) is 6.00. The summed E-state index contributed by atoms with van der Waals surface area (Å²) in [5.74, 6) is -0.00649. The van der Waals surface area contributed by atoms with Gasteiger partial charge in [-0.15, -0.1) is 6.58 Å². The molecule has 0 aromatic heterocycles. The zero-order valence-electron chi connectivity index (χ0n) is 17.0. The summed E-state index contributed by atoms with van der Waals surface area (Å²) in [5, 5.41) is 6.38. The summed E-state index contributed by atoms with van der Waals surface area (Å²) in [6, 6.07) is 11.7. The van der Waals surface area contributed by atoms with Crippen LogP contribution in [0.1, 0.15) is 30.7 Å². The first-order valence-corrected chi connectivity index (χ1v) is 10.9. The molecule has 31 heavy (non-hydrogen) atoms. The molecule has 3 amide bonds. The molecule has 3 N–H and O–H groups in total. The van der Waals surface area contributed by atoms with E-state index in [2.05, 4.69) is 17.2 Å². The molecule has 0 bridgehead atoms. The second-order valence-corrected chi connectivity index (χ2v) is 8.29. The number of urea groups is 1. The zero-order chi connectivity index (χ0) is 22.4. The molecular weight excluding hydrogens is 435 g/mol. The molecule has 1 unspecified atom stereocenters. The van der Waals surface area contributed by atoms with Crippen LogP contribution in [0.5, 0.6) is 0 Å². The fraction of sp³-hybridized carbons (Fsp3) is 0.304. The highest BCUT2D eigenvalue weighted by Gasteiger charge is 2.25. The predicted octanol–water partition coefficient (Wildman–Crippen LogP) is 5.57. The highest BCUT2D eigenvalue weighted by molar-refractivity contribution is 6.39. The number of halogens is 2. The third-order valence-corrected chi connectivity index (χ3v) is 5.98. The minimum absolute atomic E-state index is 0.212. The maximum absolute atomic E-state index is 12.6. The Labute approximate surface area is 192 Å². The van der Waals surface area contributed by atoms with Gasteiger partial charge < -0.3 is 15.5 Å². The van der Waals surface area contributed by atoms with Crippen LogP contribution in [0, 0.1) is 0 Å². The van der Waals surface area contributed by atoms with E-state index < -0.39 is 6.04 Å². The predicted molar refractivity (Wildman–Crippen MR) is 126 cm³/mol. The van der Waals surface area contributed by atoms with Crippen LogP contribution in [0.3, 0.4) is 0 Å². The summed E-state index contributed by atoms with van der Waals surface area (Å²) in [5.41, 5.74) is 10.0. The Kier molecular flexibility index (Phi) is 7.96. The molecule has 1 fully saturated rings. The van der Waals surface area contributed by atoms with Crippen molar-refractivity contribution in [1.82, 2.24) is 10.6 Å². The molecule has 1 radical (unpaired) electrons. The molecule has 1 heterocycles. The Hall–Kier alpha value is -2.54. The van der Waals surface area contributed by atoms with Gasteiger partial charge in [0.15, 0.2) is 0 Å². The van der Waals surface area contributed by atoms with E-state index in [4.69, 9.17) is 28.9 Å². The van der Waals surface area contributed by atoms with Crippen LogP contribution in [-0.2, 0) is 4.79 Å². The van der Waals surface area contributed by atoms with Gasteiger partial charge in [-0.3, -0.25) is 4.79 Å². The molecule has 6 nitrogen and oxygen atoms in total. The molecule has 8 heteroatoms. The number of rotatable bonds is 6. The summed E-state index contributed by atoms with van der Waals surface area (Å²) in [7, 11) is 0. The van der Waals surface area contributed by atoms with E-state index in [1.807, 2.05) is 24.3 Å². The van der Waals surface area contributed by atoms with Crippen molar-refractivity contribution in [3.63, 3.8) is 0 Å². The summed E-state index contributed by atoms with van der Waals surface area (Å²) in [6.45, 7) is 4.81. The van der Waals surface area contributed by atoms with E-state index >= 15 is 0 Å². The fourth-order valence-corrected chi connectivity index (χ4v) is 4.05. The quantitative estimate of drug-likeness (QED) is 0.553. The molecule has 2 aromatic rings. The van der Waals surface area contributed by atoms with Crippen molar-refractivity contribution in [3.05, 3.63) is 70.7 Å². The first kappa shape index (κ1) is 23.1. The monoisotopic (exact) mass is 459 g/mol. The van der Waals surface area contributed by atoms with Gasteiger partial charge in [0, 0.05) is 18.8 Å². The summed E-state index contributed by atoms with van der Waals surface area (Å²) in [6.07, 6.45) is 3.56. The molecular formula is C23H25Cl2N4O2. The molecule has 2 aromatic carbocycles. The van der Waals surface area contributed by atoms with Gasteiger partial charge in [-0.05, 0) is 55.0 Å². The zero-order valence-corrected chi connectivity index (χ0v) is 18.5. The molecule has 1 atom stereocenters. The average molecular weight is 460 g/mol. The molecule has 0 spiro atoms. The minimum atomic E-state index is -0.853. The largest absolute Gasteiger partial charge is 0.325 e. The number of hydrogen-bond donors (Lipinski definition) is 2. The van der Waals surface area contributed by atoms with Gasteiger partial charge in [-0.1, -0.05) is 47.5 Å². The molecule has 0 aliphatic carbocycles. The van der Waals surface area contributed by atoms with E-state index in [0.29, 0.717) is 46.8 Å². The first-order valence-electron chi connectivity index (χ1n) is 10.1. The minimum Gasteiger partial charge on any atom is -0.325 e. The van der Waals surface area contributed by atoms with Crippen LogP contribution >= 0.6 is 23.2 Å². The standard InChI is InChI=1S/C23H25Cl2N4O2/c1-2-4-20(26)22(30)27-17-9-7-15(8-10-17)16-11-13-29(14-12-16)23(31)28-21-18(24)5-3-6-19(21)25/h2-3,5-10,16,20,26H,1,4,11-14H2,(H,27,30)(H,28,31). The van der Waals surface area contributed by atoms with Crippen molar-refractivity contribution in [3.8, 4) is 0 Å². The summed E-state index contributed by atoms with van der Waals surface area (Å²) < 4.78 is 0. The number of piperidine rings is 1. The number of benzene rings is 2. The Balaban J connectivity index is 1.53.